The maximum Gasteiger partial charge on any atom is 0.316 e. The van der Waals surface area contributed by atoms with Gasteiger partial charge in [0.25, 0.3) is 5.91 Å². The lowest BCUT2D eigenvalue weighted by Gasteiger charge is -2.09. The van der Waals surface area contributed by atoms with E-state index in [-0.39, 0.29) is 38.0 Å². The van der Waals surface area contributed by atoms with Crippen LogP contribution in [0.2, 0.25) is 10.0 Å². The Kier molecular flexibility index (Phi) is 7.66. The molecular weight excluding hydrogens is 503 g/mol. The average Bonchev–Trinajstić information content (AvgIpc) is 3.33. The molecule has 0 aliphatic rings. The summed E-state index contributed by atoms with van der Waals surface area (Å²) >= 11 is 15.0. The molecule has 0 unspecified atom stereocenters. The summed E-state index contributed by atoms with van der Waals surface area (Å²) in [5.74, 6) is -0.445. The van der Waals surface area contributed by atoms with Crippen molar-refractivity contribution in [2.45, 2.75) is 6.54 Å². The molecule has 10 nitrogen and oxygen atoms in total. The van der Waals surface area contributed by atoms with E-state index in [2.05, 4.69) is 41.8 Å². The van der Waals surface area contributed by atoms with Crippen LogP contribution in [0.1, 0.15) is 16.5 Å². The first kappa shape index (κ1) is 22.1. The summed E-state index contributed by atoms with van der Waals surface area (Å²) in [6.45, 7) is 0.378. The number of nitrogens with one attached hydrogen (secondary N) is 2. The molecule has 1 aromatic carbocycles. The van der Waals surface area contributed by atoms with E-state index >= 15 is 0 Å². The zero-order valence-corrected chi connectivity index (χ0v) is 18.4. The number of rotatable bonds is 9. The summed E-state index contributed by atoms with van der Waals surface area (Å²) in [4.78, 5) is 27.9. The number of nitrogens with zero attached hydrogens (tertiary/aromatic N) is 4. The molecule has 0 saturated heterocycles. The SMILES string of the molecule is O=C(COc1ccc(Cl)cc1Cl)NCCNC(=O)c1nc(Cn2cc(Br)cn2)no1. The summed E-state index contributed by atoms with van der Waals surface area (Å²) in [7, 11) is 0. The summed E-state index contributed by atoms with van der Waals surface area (Å²) in [6.07, 6.45) is 3.36. The van der Waals surface area contributed by atoms with Crippen molar-refractivity contribution in [1.82, 2.24) is 30.6 Å². The number of halogens is 3. The first-order valence-corrected chi connectivity index (χ1v) is 10.1. The van der Waals surface area contributed by atoms with Gasteiger partial charge in [0.05, 0.1) is 15.7 Å². The second kappa shape index (κ2) is 10.4. The molecule has 2 N–H and O–H groups in total. The Hall–Kier alpha value is -2.63. The van der Waals surface area contributed by atoms with Gasteiger partial charge in [-0.05, 0) is 34.1 Å². The fourth-order valence-corrected chi connectivity index (χ4v) is 3.01. The molecule has 2 heterocycles. The highest BCUT2D eigenvalue weighted by Crippen LogP contribution is 2.27. The smallest absolute Gasteiger partial charge is 0.316 e. The van der Waals surface area contributed by atoms with E-state index in [4.69, 9.17) is 32.5 Å². The molecule has 0 aliphatic heterocycles. The van der Waals surface area contributed by atoms with Gasteiger partial charge in [-0.25, -0.2) is 0 Å². The number of hydrogen-bond acceptors (Lipinski definition) is 7. The summed E-state index contributed by atoms with van der Waals surface area (Å²) in [5, 5.41) is 13.7. The number of amides is 2. The van der Waals surface area contributed by atoms with Crippen LogP contribution in [0, 0.1) is 0 Å². The highest BCUT2D eigenvalue weighted by Gasteiger charge is 2.15. The summed E-state index contributed by atoms with van der Waals surface area (Å²) < 4.78 is 12.7. The van der Waals surface area contributed by atoms with E-state index < -0.39 is 5.91 Å². The number of carbonyl (C=O) groups excluding carboxylic acids is 2. The Bertz CT molecular complexity index is 1040. The summed E-state index contributed by atoms with van der Waals surface area (Å²) in [5.41, 5.74) is 0. The van der Waals surface area contributed by atoms with Crippen LogP contribution in [-0.4, -0.2) is 51.4 Å². The zero-order chi connectivity index (χ0) is 21.5. The van der Waals surface area contributed by atoms with Crippen LogP contribution in [-0.2, 0) is 11.3 Å². The van der Waals surface area contributed by atoms with Crippen molar-refractivity contribution in [2.75, 3.05) is 19.7 Å². The normalized spacial score (nSPS) is 10.6. The van der Waals surface area contributed by atoms with Gasteiger partial charge >= 0.3 is 11.8 Å². The molecule has 13 heteroatoms. The van der Waals surface area contributed by atoms with Gasteiger partial charge in [0.15, 0.2) is 12.4 Å². The molecule has 0 aliphatic carbocycles. The van der Waals surface area contributed by atoms with Gasteiger partial charge in [-0.2, -0.15) is 10.1 Å². The summed E-state index contributed by atoms with van der Waals surface area (Å²) in [6, 6.07) is 4.69. The van der Waals surface area contributed by atoms with Crippen LogP contribution < -0.4 is 15.4 Å². The van der Waals surface area contributed by atoms with Crippen LogP contribution in [0.15, 0.2) is 39.6 Å². The number of aromatic nitrogens is 4. The number of hydrogen-bond donors (Lipinski definition) is 2. The lowest BCUT2D eigenvalue weighted by atomic mass is 10.3. The quantitative estimate of drug-likeness (QED) is 0.417. The van der Waals surface area contributed by atoms with Gasteiger partial charge in [-0.15, -0.1) is 0 Å². The predicted molar refractivity (Wildman–Crippen MR) is 111 cm³/mol. The van der Waals surface area contributed by atoms with Crippen molar-refractivity contribution < 1.29 is 18.8 Å². The molecule has 0 radical (unpaired) electrons. The molecule has 2 amide bonds. The van der Waals surface area contributed by atoms with Gasteiger partial charge in [0.2, 0.25) is 0 Å². The Labute approximate surface area is 189 Å². The van der Waals surface area contributed by atoms with Crippen LogP contribution >= 0.6 is 39.1 Å². The first-order chi connectivity index (χ1) is 14.4. The minimum absolute atomic E-state index is 0.163. The monoisotopic (exact) mass is 516 g/mol. The largest absolute Gasteiger partial charge is 0.482 e. The standard InChI is InChI=1S/C17H15BrCl2N6O4/c18-10-6-23-26(7-10)8-14-24-17(30-25-14)16(28)22-4-3-21-15(27)9-29-13-2-1-11(19)5-12(13)20/h1-2,5-7H,3-4,8-9H2,(H,21,27)(H,22,28). The second-order valence-electron chi connectivity index (χ2n) is 5.84. The van der Waals surface area contributed by atoms with Gasteiger partial charge < -0.3 is 19.9 Å². The predicted octanol–water partition coefficient (Wildman–Crippen LogP) is 2.31. The third kappa shape index (κ3) is 6.44. The van der Waals surface area contributed by atoms with Crippen molar-refractivity contribution >= 4 is 50.9 Å². The topological polar surface area (TPSA) is 124 Å². The minimum atomic E-state index is -0.547. The lowest BCUT2D eigenvalue weighted by molar-refractivity contribution is -0.123. The van der Waals surface area contributed by atoms with Crippen LogP contribution in [0.3, 0.4) is 0 Å². The fourth-order valence-electron chi connectivity index (χ4n) is 2.22. The highest BCUT2D eigenvalue weighted by molar-refractivity contribution is 9.10. The third-order valence-electron chi connectivity index (χ3n) is 3.55. The Balaban J connectivity index is 1.35. The lowest BCUT2D eigenvalue weighted by Crippen LogP contribution is -2.36. The minimum Gasteiger partial charge on any atom is -0.482 e. The molecule has 158 valence electrons. The van der Waals surface area contributed by atoms with E-state index in [1.165, 1.54) is 6.07 Å². The van der Waals surface area contributed by atoms with E-state index in [1.807, 2.05) is 0 Å². The van der Waals surface area contributed by atoms with Gasteiger partial charge in [-0.3, -0.25) is 14.3 Å². The molecule has 0 saturated carbocycles. The maximum absolute atomic E-state index is 12.0. The van der Waals surface area contributed by atoms with Crippen molar-refractivity contribution in [3.05, 3.63) is 56.8 Å². The van der Waals surface area contributed by atoms with Crippen molar-refractivity contribution in [3.8, 4) is 5.75 Å². The molecule has 3 aromatic rings. The molecule has 30 heavy (non-hydrogen) atoms. The maximum atomic E-state index is 12.0. The van der Waals surface area contributed by atoms with Crippen molar-refractivity contribution in [2.24, 2.45) is 0 Å². The molecule has 2 aromatic heterocycles. The molecule has 0 bridgehead atoms. The van der Waals surface area contributed by atoms with Gasteiger partial charge in [-0.1, -0.05) is 28.4 Å². The molecule has 0 fully saturated rings. The van der Waals surface area contributed by atoms with Crippen molar-refractivity contribution in [1.29, 1.82) is 0 Å². The van der Waals surface area contributed by atoms with E-state index in [0.717, 1.165) is 4.47 Å². The van der Waals surface area contributed by atoms with E-state index in [9.17, 15) is 9.59 Å². The van der Waals surface area contributed by atoms with Crippen LogP contribution in [0.25, 0.3) is 0 Å². The Morgan fingerprint density at radius 3 is 2.77 bits per heavy atom. The zero-order valence-electron chi connectivity index (χ0n) is 15.3. The highest BCUT2D eigenvalue weighted by atomic mass is 79.9. The van der Waals surface area contributed by atoms with Crippen molar-refractivity contribution in [3.63, 3.8) is 0 Å². The van der Waals surface area contributed by atoms with Gasteiger partial charge in [0, 0.05) is 24.3 Å². The third-order valence-corrected chi connectivity index (χ3v) is 4.49. The first-order valence-electron chi connectivity index (χ1n) is 8.54. The van der Waals surface area contributed by atoms with E-state index in [0.29, 0.717) is 21.6 Å². The molecule has 0 spiro atoms. The second-order valence-corrected chi connectivity index (χ2v) is 7.60. The average molecular weight is 518 g/mol. The molecular formula is C17H15BrCl2N6O4. The van der Waals surface area contributed by atoms with Gasteiger partial charge in [0.1, 0.15) is 12.3 Å². The molecule has 0 atom stereocenters. The number of benzene rings is 1. The van der Waals surface area contributed by atoms with E-state index in [1.54, 1.807) is 29.2 Å². The Morgan fingerprint density at radius 2 is 2.03 bits per heavy atom. The molecule has 3 rings (SSSR count). The number of ether oxygens (including phenoxy) is 1. The van der Waals surface area contributed by atoms with Crippen LogP contribution in [0.4, 0.5) is 0 Å². The Morgan fingerprint density at radius 1 is 1.23 bits per heavy atom. The van der Waals surface area contributed by atoms with Crippen LogP contribution in [0.5, 0.6) is 5.75 Å². The fraction of sp³-hybridized carbons (Fsp3) is 0.235. The number of carbonyl (C=O) groups is 2.